The van der Waals surface area contributed by atoms with Gasteiger partial charge in [-0.25, -0.2) is 9.83 Å². The van der Waals surface area contributed by atoms with Crippen molar-refractivity contribution in [3.05, 3.63) is 157 Å². The maximum absolute atomic E-state index is 7.43. The number of fused-ring (bicyclic) bond motifs is 6. The molecule has 204 valence electrons. The van der Waals surface area contributed by atoms with Crippen molar-refractivity contribution in [2.24, 2.45) is 0 Å². The van der Waals surface area contributed by atoms with Gasteiger partial charge in [0.1, 0.15) is 0 Å². The number of rotatable bonds is 4. The number of benzene rings is 7. The van der Waals surface area contributed by atoms with Gasteiger partial charge in [0.05, 0.1) is 17.8 Å². The Morgan fingerprint density at radius 2 is 1.16 bits per heavy atom. The van der Waals surface area contributed by atoms with Crippen molar-refractivity contribution in [3.8, 4) is 22.4 Å². The van der Waals surface area contributed by atoms with E-state index in [1.807, 2.05) is 24.3 Å². The quantitative estimate of drug-likeness (QED) is 0.119. The topological polar surface area (TPSA) is 17.2 Å². The van der Waals surface area contributed by atoms with Crippen molar-refractivity contribution in [3.63, 3.8) is 0 Å². The molecule has 0 unspecified atom stereocenters. The molecule has 0 saturated carbocycles. The molecule has 8 aromatic rings. The molecule has 0 fully saturated rings. The summed E-state index contributed by atoms with van der Waals surface area (Å²) in [6.07, 6.45) is 3.85. The molecule has 0 N–H and O–H groups in total. The van der Waals surface area contributed by atoms with Crippen LogP contribution in [0.4, 0.5) is 5.69 Å². The fourth-order valence-corrected chi connectivity index (χ4v) is 6.81. The van der Waals surface area contributed by atoms with Gasteiger partial charge in [0.2, 0.25) is 0 Å². The van der Waals surface area contributed by atoms with E-state index < -0.39 is 0 Å². The summed E-state index contributed by atoms with van der Waals surface area (Å²) in [5.41, 5.74) is 8.00. The van der Waals surface area contributed by atoms with Crippen LogP contribution in [0.15, 0.2) is 134 Å². The molecular weight excluding hydrogens is 532 g/mol. The summed E-state index contributed by atoms with van der Waals surface area (Å²) in [7, 11) is 0. The summed E-state index contributed by atoms with van der Waals surface area (Å²) in [5, 5.41) is 10.2. The summed E-state index contributed by atoms with van der Waals surface area (Å²) in [6, 6.07) is 42.4. The molecule has 0 aliphatic heterocycles. The molecule has 0 bridgehead atoms. The van der Waals surface area contributed by atoms with Crippen LogP contribution in [-0.4, -0.2) is 4.98 Å². The number of nitrogens with zero attached hydrogens (tertiary/aromatic N) is 2. The predicted octanol–water partition coefficient (Wildman–Crippen LogP) is 12.0. The Balaban J connectivity index is 1.58. The Morgan fingerprint density at radius 1 is 0.568 bits per heavy atom. The van der Waals surface area contributed by atoms with Crippen LogP contribution >= 0.6 is 0 Å². The lowest BCUT2D eigenvalue weighted by Crippen LogP contribution is -1.96. The first-order chi connectivity index (χ1) is 21.7. The van der Waals surface area contributed by atoms with Gasteiger partial charge in [-0.1, -0.05) is 135 Å². The minimum absolute atomic E-state index is 0.634. The van der Waals surface area contributed by atoms with Crippen LogP contribution in [0.25, 0.3) is 93.4 Å². The Hall–Kier alpha value is -6.04. The summed E-state index contributed by atoms with van der Waals surface area (Å²) in [5.74, 6) is 0. The predicted molar refractivity (Wildman–Crippen MR) is 189 cm³/mol. The van der Waals surface area contributed by atoms with E-state index in [2.05, 4.69) is 127 Å². The largest absolute Gasteiger partial charge is 0.247 e. The first-order valence-corrected chi connectivity index (χ1v) is 14.7. The van der Waals surface area contributed by atoms with Crippen molar-refractivity contribution >= 4 is 71.8 Å². The van der Waals surface area contributed by atoms with Crippen molar-refractivity contribution in [1.82, 2.24) is 4.98 Å². The normalized spacial score (nSPS) is 11.3. The second kappa shape index (κ2) is 10.1. The molecule has 2 heteroatoms. The summed E-state index contributed by atoms with van der Waals surface area (Å²) in [4.78, 5) is 9.10. The van der Waals surface area contributed by atoms with Crippen LogP contribution in [0.2, 0.25) is 0 Å². The zero-order valence-electron chi connectivity index (χ0n) is 24.0. The number of hydrogen-bond donors (Lipinski definition) is 0. The van der Waals surface area contributed by atoms with Gasteiger partial charge in [-0.2, -0.15) is 0 Å². The minimum Gasteiger partial charge on any atom is -0.247 e. The smallest absolute Gasteiger partial charge is 0.187 e. The molecule has 0 atom stereocenters. The van der Waals surface area contributed by atoms with Crippen molar-refractivity contribution in [1.29, 1.82) is 0 Å². The molecule has 0 aliphatic rings. The SMILES string of the molecule is [C-]#[N+]c1ccc(-c2c3ccccc3c(-c3nc4cc5ccccc5cc4c4c(C=C)c(C=C)ccc34)c3ccccc23)cc1. The zero-order valence-corrected chi connectivity index (χ0v) is 24.0. The van der Waals surface area contributed by atoms with Gasteiger partial charge in [0, 0.05) is 21.7 Å². The van der Waals surface area contributed by atoms with E-state index in [9.17, 15) is 0 Å². The first-order valence-electron chi connectivity index (χ1n) is 14.7. The summed E-state index contributed by atoms with van der Waals surface area (Å²) in [6.45, 7) is 15.8. The molecule has 44 heavy (non-hydrogen) atoms. The standard InChI is InChI=1S/C42H26N2/c1-4-26-20-23-36-40(31(26)5-2)37-24-28-12-6-7-13-29(28)25-38(37)44-42(36)41-34-16-10-8-14-32(34)39(33-15-9-11-17-35(33)41)27-18-21-30(43-3)22-19-27/h4-25H,1-2H2. The van der Waals surface area contributed by atoms with E-state index in [4.69, 9.17) is 11.6 Å². The monoisotopic (exact) mass is 558 g/mol. The Morgan fingerprint density at radius 3 is 1.75 bits per heavy atom. The Labute approximate surface area is 255 Å². The van der Waals surface area contributed by atoms with Gasteiger partial charge in [-0.3, -0.25) is 0 Å². The van der Waals surface area contributed by atoms with Crippen molar-refractivity contribution in [2.75, 3.05) is 0 Å². The molecule has 7 aromatic carbocycles. The highest BCUT2D eigenvalue weighted by Gasteiger charge is 2.21. The molecule has 0 amide bonds. The number of pyridine rings is 1. The maximum atomic E-state index is 7.43. The molecule has 0 spiro atoms. The van der Waals surface area contributed by atoms with E-state index in [0.29, 0.717) is 5.69 Å². The van der Waals surface area contributed by atoms with Gasteiger partial charge in [0.25, 0.3) is 0 Å². The Bertz CT molecular complexity index is 2470. The second-order valence-corrected chi connectivity index (χ2v) is 11.1. The lowest BCUT2D eigenvalue weighted by Gasteiger charge is -2.20. The lowest BCUT2D eigenvalue weighted by molar-refractivity contribution is 1.45. The number of aromatic nitrogens is 1. The summed E-state index contributed by atoms with van der Waals surface area (Å²) >= 11 is 0. The van der Waals surface area contributed by atoms with Crippen LogP contribution in [0.1, 0.15) is 11.1 Å². The molecule has 1 aromatic heterocycles. The van der Waals surface area contributed by atoms with Gasteiger partial charge in [-0.15, -0.1) is 0 Å². The average Bonchev–Trinajstić information content (AvgIpc) is 3.09. The highest BCUT2D eigenvalue weighted by molar-refractivity contribution is 6.26. The Kier molecular flexibility index (Phi) is 5.86. The molecule has 0 radical (unpaired) electrons. The van der Waals surface area contributed by atoms with E-state index in [0.717, 1.165) is 82.1 Å². The van der Waals surface area contributed by atoms with Crippen molar-refractivity contribution in [2.45, 2.75) is 0 Å². The minimum atomic E-state index is 0.634. The average molecular weight is 559 g/mol. The molecule has 0 aliphatic carbocycles. The van der Waals surface area contributed by atoms with Crippen LogP contribution in [0, 0.1) is 6.57 Å². The van der Waals surface area contributed by atoms with E-state index in [1.54, 1.807) is 0 Å². The second-order valence-electron chi connectivity index (χ2n) is 11.1. The zero-order chi connectivity index (χ0) is 29.8. The summed E-state index contributed by atoms with van der Waals surface area (Å²) < 4.78 is 0. The van der Waals surface area contributed by atoms with E-state index in [-0.39, 0.29) is 0 Å². The van der Waals surface area contributed by atoms with Crippen molar-refractivity contribution < 1.29 is 0 Å². The molecule has 0 saturated heterocycles. The van der Waals surface area contributed by atoms with Crippen LogP contribution < -0.4 is 0 Å². The van der Waals surface area contributed by atoms with Crippen LogP contribution in [-0.2, 0) is 0 Å². The maximum Gasteiger partial charge on any atom is 0.187 e. The number of hydrogen-bond acceptors (Lipinski definition) is 1. The van der Waals surface area contributed by atoms with Gasteiger partial charge in [0.15, 0.2) is 5.69 Å². The fourth-order valence-electron chi connectivity index (χ4n) is 6.81. The third-order valence-corrected chi connectivity index (χ3v) is 8.78. The van der Waals surface area contributed by atoms with Gasteiger partial charge >= 0.3 is 0 Å². The highest BCUT2D eigenvalue weighted by Crippen LogP contribution is 2.46. The van der Waals surface area contributed by atoms with Gasteiger partial charge in [-0.05, 0) is 66.7 Å². The van der Waals surface area contributed by atoms with E-state index in [1.165, 1.54) is 5.39 Å². The molecule has 2 nitrogen and oxygen atoms in total. The van der Waals surface area contributed by atoms with Crippen LogP contribution in [0.5, 0.6) is 0 Å². The van der Waals surface area contributed by atoms with E-state index >= 15 is 0 Å². The third-order valence-electron chi connectivity index (χ3n) is 8.78. The molecule has 1 heterocycles. The van der Waals surface area contributed by atoms with Gasteiger partial charge < -0.3 is 0 Å². The molecule has 8 rings (SSSR count). The highest BCUT2D eigenvalue weighted by atomic mass is 14.7. The first kappa shape index (κ1) is 25.7. The lowest BCUT2D eigenvalue weighted by atomic mass is 9.85. The molecular formula is C42H26N2. The fraction of sp³-hybridized carbons (Fsp3) is 0. The third kappa shape index (κ3) is 3.77. The van der Waals surface area contributed by atoms with Crippen LogP contribution in [0.3, 0.4) is 0 Å².